The third-order valence-electron chi connectivity index (χ3n) is 5.69. The van der Waals surface area contributed by atoms with Crippen molar-refractivity contribution in [3.8, 4) is 5.82 Å². The van der Waals surface area contributed by atoms with E-state index in [0.29, 0.717) is 23.6 Å². The maximum atomic E-state index is 12.4. The molecule has 0 radical (unpaired) electrons. The van der Waals surface area contributed by atoms with Crippen molar-refractivity contribution in [3.05, 3.63) is 58.6 Å². The van der Waals surface area contributed by atoms with Gasteiger partial charge in [0.15, 0.2) is 5.82 Å². The third kappa shape index (κ3) is 5.05. The largest absolute Gasteiger partial charge is 0.356 e. The van der Waals surface area contributed by atoms with Crippen LogP contribution in [0.2, 0.25) is 5.02 Å². The van der Waals surface area contributed by atoms with Crippen LogP contribution in [0.25, 0.3) is 5.82 Å². The van der Waals surface area contributed by atoms with Gasteiger partial charge in [-0.1, -0.05) is 17.7 Å². The van der Waals surface area contributed by atoms with Gasteiger partial charge in [0.25, 0.3) is 0 Å². The highest BCUT2D eigenvalue weighted by atomic mass is 35.5. The lowest BCUT2D eigenvalue weighted by Gasteiger charge is -2.27. The maximum absolute atomic E-state index is 12.4. The van der Waals surface area contributed by atoms with E-state index < -0.39 is 0 Å². The minimum absolute atomic E-state index is 0.0526. The molecule has 7 nitrogen and oxygen atoms in total. The summed E-state index contributed by atoms with van der Waals surface area (Å²) in [5.41, 5.74) is 3.68. The van der Waals surface area contributed by atoms with Crippen LogP contribution >= 0.6 is 11.6 Å². The Morgan fingerprint density at radius 3 is 2.65 bits per heavy atom. The molecule has 0 spiro atoms. The van der Waals surface area contributed by atoms with Crippen LogP contribution in [0.15, 0.2) is 36.7 Å². The molecule has 0 unspecified atom stereocenters. The fourth-order valence-corrected chi connectivity index (χ4v) is 4.23. The number of benzene rings is 1. The normalized spacial score (nSPS) is 14.0. The van der Waals surface area contributed by atoms with Crippen LogP contribution in [-0.2, 0) is 11.2 Å². The van der Waals surface area contributed by atoms with Gasteiger partial charge in [0.05, 0.1) is 5.69 Å². The van der Waals surface area contributed by atoms with Gasteiger partial charge in [0, 0.05) is 42.0 Å². The van der Waals surface area contributed by atoms with Crippen molar-refractivity contribution < 1.29 is 4.79 Å². The van der Waals surface area contributed by atoms with Gasteiger partial charge in [0.1, 0.15) is 12.1 Å². The van der Waals surface area contributed by atoms with Crippen molar-refractivity contribution in [1.29, 1.82) is 0 Å². The molecular formula is C23H27ClN6O. The molecular weight excluding hydrogens is 412 g/mol. The molecule has 1 aromatic carbocycles. The summed E-state index contributed by atoms with van der Waals surface area (Å²) in [6.45, 7) is 6.05. The number of nitrogens with zero attached hydrogens (tertiary/aromatic N) is 5. The first-order valence-electron chi connectivity index (χ1n) is 10.7. The summed E-state index contributed by atoms with van der Waals surface area (Å²) in [4.78, 5) is 23.6. The number of nitrogens with one attached hydrogen (secondary N) is 1. The number of hydrogen-bond acceptors (Lipinski definition) is 5. The van der Waals surface area contributed by atoms with Crippen molar-refractivity contribution in [2.75, 3.05) is 23.3 Å². The van der Waals surface area contributed by atoms with Crippen LogP contribution in [0.1, 0.15) is 42.6 Å². The van der Waals surface area contributed by atoms with E-state index in [-0.39, 0.29) is 5.91 Å². The quantitative estimate of drug-likeness (QED) is 0.613. The Balaban J connectivity index is 1.47. The molecule has 162 valence electrons. The fraction of sp³-hybridized carbons (Fsp3) is 0.391. The Hall–Kier alpha value is -2.93. The van der Waals surface area contributed by atoms with Gasteiger partial charge in [-0.2, -0.15) is 5.10 Å². The van der Waals surface area contributed by atoms with Crippen molar-refractivity contribution in [3.63, 3.8) is 0 Å². The van der Waals surface area contributed by atoms with Crippen LogP contribution < -0.4 is 10.2 Å². The standard InChI is InChI=1S/C23H27ClN6O/c1-16-20(9-10-23(31)27-19-8-6-7-18(24)13-19)17(2)30(28-16)22-14-21(25-15-26-22)29-11-4-3-5-12-29/h6-8,13-15H,3-5,9-12H2,1-2H3,(H,27,31). The average Bonchev–Trinajstić information content (AvgIpc) is 3.06. The summed E-state index contributed by atoms with van der Waals surface area (Å²) in [5, 5.41) is 8.19. The molecule has 0 saturated carbocycles. The molecule has 3 heterocycles. The molecule has 4 rings (SSSR count). The molecule has 3 aromatic rings. The van der Waals surface area contributed by atoms with Gasteiger partial charge in [-0.15, -0.1) is 0 Å². The first-order chi connectivity index (χ1) is 15.0. The Kier molecular flexibility index (Phi) is 6.51. The zero-order chi connectivity index (χ0) is 21.8. The van der Waals surface area contributed by atoms with E-state index in [2.05, 4.69) is 20.2 Å². The van der Waals surface area contributed by atoms with E-state index >= 15 is 0 Å². The predicted molar refractivity (Wildman–Crippen MR) is 123 cm³/mol. The summed E-state index contributed by atoms with van der Waals surface area (Å²) in [5.74, 6) is 1.65. The first-order valence-corrected chi connectivity index (χ1v) is 11.1. The lowest BCUT2D eigenvalue weighted by molar-refractivity contribution is -0.116. The first kappa shape index (κ1) is 21.3. The topological polar surface area (TPSA) is 75.9 Å². The molecule has 1 N–H and O–H groups in total. The monoisotopic (exact) mass is 438 g/mol. The highest BCUT2D eigenvalue weighted by molar-refractivity contribution is 6.30. The number of carbonyl (C=O) groups is 1. The summed E-state index contributed by atoms with van der Waals surface area (Å²) in [6.07, 6.45) is 6.24. The van der Waals surface area contributed by atoms with Crippen LogP contribution in [0, 0.1) is 13.8 Å². The minimum Gasteiger partial charge on any atom is -0.356 e. The summed E-state index contributed by atoms with van der Waals surface area (Å²) < 4.78 is 1.86. The number of hydrogen-bond donors (Lipinski definition) is 1. The van der Waals surface area contributed by atoms with E-state index in [1.54, 1.807) is 18.5 Å². The van der Waals surface area contributed by atoms with Crippen molar-refractivity contribution in [1.82, 2.24) is 19.7 Å². The summed E-state index contributed by atoms with van der Waals surface area (Å²) >= 11 is 5.99. The number of aryl methyl sites for hydroxylation is 1. The van der Waals surface area contributed by atoms with E-state index in [9.17, 15) is 4.79 Å². The Labute approximate surface area is 187 Å². The van der Waals surface area contributed by atoms with E-state index in [0.717, 1.165) is 41.7 Å². The molecule has 8 heteroatoms. The summed E-state index contributed by atoms with van der Waals surface area (Å²) in [6, 6.07) is 9.16. The highest BCUT2D eigenvalue weighted by Crippen LogP contribution is 2.22. The Morgan fingerprint density at radius 2 is 1.87 bits per heavy atom. The smallest absolute Gasteiger partial charge is 0.224 e. The number of amides is 1. The Morgan fingerprint density at radius 1 is 1.10 bits per heavy atom. The highest BCUT2D eigenvalue weighted by Gasteiger charge is 2.17. The lowest BCUT2D eigenvalue weighted by atomic mass is 10.1. The SMILES string of the molecule is Cc1nn(-c2cc(N3CCCCC3)ncn2)c(C)c1CCC(=O)Nc1cccc(Cl)c1. The van der Waals surface area contributed by atoms with Gasteiger partial charge >= 0.3 is 0 Å². The minimum atomic E-state index is -0.0526. The number of rotatable bonds is 6. The van der Waals surface area contributed by atoms with Gasteiger partial charge in [-0.05, 0) is 63.3 Å². The number of anilines is 2. The van der Waals surface area contributed by atoms with E-state index in [4.69, 9.17) is 16.7 Å². The van der Waals surface area contributed by atoms with Crippen LogP contribution in [-0.4, -0.2) is 38.7 Å². The lowest BCUT2D eigenvalue weighted by Crippen LogP contribution is -2.30. The summed E-state index contributed by atoms with van der Waals surface area (Å²) in [7, 11) is 0. The van der Waals surface area contributed by atoms with Gasteiger partial charge in [-0.25, -0.2) is 14.6 Å². The van der Waals surface area contributed by atoms with Crippen molar-refractivity contribution >= 4 is 29.0 Å². The molecule has 0 bridgehead atoms. The number of aromatic nitrogens is 4. The van der Waals surface area contributed by atoms with E-state index in [1.807, 2.05) is 36.7 Å². The predicted octanol–water partition coefficient (Wildman–Crippen LogP) is 4.49. The van der Waals surface area contributed by atoms with Gasteiger partial charge < -0.3 is 10.2 Å². The molecule has 0 aliphatic carbocycles. The molecule has 1 fully saturated rings. The zero-order valence-electron chi connectivity index (χ0n) is 17.9. The van der Waals surface area contributed by atoms with Gasteiger partial charge in [-0.3, -0.25) is 4.79 Å². The zero-order valence-corrected chi connectivity index (χ0v) is 18.7. The molecule has 1 aliphatic heterocycles. The van der Waals surface area contributed by atoms with Crippen LogP contribution in [0.5, 0.6) is 0 Å². The molecule has 1 aliphatic rings. The van der Waals surface area contributed by atoms with E-state index in [1.165, 1.54) is 19.3 Å². The molecule has 1 saturated heterocycles. The number of halogens is 1. The molecule has 31 heavy (non-hydrogen) atoms. The number of piperidine rings is 1. The maximum Gasteiger partial charge on any atom is 0.224 e. The third-order valence-corrected chi connectivity index (χ3v) is 5.92. The molecule has 0 atom stereocenters. The Bertz CT molecular complexity index is 1070. The van der Waals surface area contributed by atoms with Crippen LogP contribution in [0.4, 0.5) is 11.5 Å². The second-order valence-corrected chi connectivity index (χ2v) is 8.34. The second-order valence-electron chi connectivity index (χ2n) is 7.90. The van der Waals surface area contributed by atoms with Gasteiger partial charge in [0.2, 0.25) is 5.91 Å². The van der Waals surface area contributed by atoms with Crippen molar-refractivity contribution in [2.45, 2.75) is 46.0 Å². The second kappa shape index (κ2) is 9.47. The van der Waals surface area contributed by atoms with Crippen LogP contribution in [0.3, 0.4) is 0 Å². The number of carbonyl (C=O) groups excluding carboxylic acids is 1. The van der Waals surface area contributed by atoms with Crippen molar-refractivity contribution in [2.24, 2.45) is 0 Å². The fourth-order valence-electron chi connectivity index (χ4n) is 4.04. The average molecular weight is 439 g/mol. The molecule has 1 amide bonds. The molecule has 2 aromatic heterocycles.